The fourth-order valence-electron chi connectivity index (χ4n) is 1.62. The van der Waals surface area contributed by atoms with Crippen molar-refractivity contribution in [2.45, 2.75) is 38.9 Å². The lowest BCUT2D eigenvalue weighted by atomic mass is 9.93. The van der Waals surface area contributed by atoms with Crippen LogP contribution in [0.2, 0.25) is 0 Å². The van der Waals surface area contributed by atoms with E-state index in [2.05, 4.69) is 4.74 Å². The van der Waals surface area contributed by atoms with Crippen LogP contribution < -0.4 is 0 Å². The Morgan fingerprint density at radius 2 is 1.88 bits per heavy atom. The van der Waals surface area contributed by atoms with Gasteiger partial charge in [0.05, 0.1) is 12.7 Å². The first kappa shape index (κ1) is 12.7. The number of Topliss-reactive ketones (excluding diaryl/α,β-unsaturated/α-hetero) is 1. The van der Waals surface area contributed by atoms with E-state index in [-0.39, 0.29) is 11.5 Å². The van der Waals surface area contributed by atoms with E-state index in [1.165, 1.54) is 13.2 Å². The van der Waals surface area contributed by atoms with Gasteiger partial charge < -0.3 is 14.2 Å². The highest BCUT2D eigenvalue weighted by molar-refractivity contribution is 6.01. The van der Waals surface area contributed by atoms with E-state index in [9.17, 15) is 9.59 Å². The highest BCUT2D eigenvalue weighted by Gasteiger charge is 2.43. The summed E-state index contributed by atoms with van der Waals surface area (Å²) in [5, 5.41) is 0. The topological polar surface area (TPSA) is 61.8 Å². The lowest BCUT2D eigenvalue weighted by molar-refractivity contribution is -0.158. The van der Waals surface area contributed by atoms with Crippen LogP contribution >= 0.6 is 0 Å². The summed E-state index contributed by atoms with van der Waals surface area (Å²) in [5.74, 6) is -0.412. The Morgan fingerprint density at radius 1 is 1.31 bits per heavy atom. The summed E-state index contributed by atoms with van der Waals surface area (Å²) in [6.45, 7) is 6.82. The molecular formula is C11H16O5. The molecule has 5 heteroatoms. The van der Waals surface area contributed by atoms with Crippen LogP contribution in [0.4, 0.5) is 4.79 Å². The van der Waals surface area contributed by atoms with Gasteiger partial charge in [0.2, 0.25) is 5.78 Å². The zero-order chi connectivity index (χ0) is 12.6. The molecule has 0 saturated carbocycles. The predicted octanol–water partition coefficient (Wildman–Crippen LogP) is 1.81. The molecule has 0 amide bonds. The van der Waals surface area contributed by atoms with Crippen molar-refractivity contribution in [1.82, 2.24) is 0 Å². The number of rotatable bonds is 1. The fourth-order valence-corrected chi connectivity index (χ4v) is 1.62. The molecule has 0 atom stereocenters. The first-order valence-electron chi connectivity index (χ1n) is 4.91. The molecule has 0 aromatic carbocycles. The van der Waals surface area contributed by atoms with E-state index in [1.54, 1.807) is 27.7 Å². The molecule has 0 aromatic rings. The number of ether oxygens (including phenoxy) is 3. The van der Waals surface area contributed by atoms with E-state index in [0.29, 0.717) is 0 Å². The summed E-state index contributed by atoms with van der Waals surface area (Å²) in [7, 11) is 1.18. The lowest BCUT2D eigenvalue weighted by Gasteiger charge is -2.37. The minimum Gasteiger partial charge on any atom is -0.437 e. The van der Waals surface area contributed by atoms with Gasteiger partial charge in [-0.05, 0) is 33.8 Å². The molecule has 16 heavy (non-hydrogen) atoms. The van der Waals surface area contributed by atoms with E-state index in [4.69, 9.17) is 9.47 Å². The molecule has 0 saturated heterocycles. The van der Waals surface area contributed by atoms with Gasteiger partial charge in [0.1, 0.15) is 5.60 Å². The van der Waals surface area contributed by atoms with Crippen molar-refractivity contribution in [3.8, 4) is 0 Å². The molecule has 0 spiro atoms. The Labute approximate surface area is 94.4 Å². The van der Waals surface area contributed by atoms with Gasteiger partial charge in [-0.2, -0.15) is 0 Å². The van der Waals surface area contributed by atoms with Gasteiger partial charge in [-0.1, -0.05) is 0 Å². The van der Waals surface area contributed by atoms with E-state index in [1.807, 2.05) is 0 Å². The number of hydrogen-bond donors (Lipinski definition) is 0. The predicted molar refractivity (Wildman–Crippen MR) is 55.8 cm³/mol. The maximum atomic E-state index is 11.9. The second-order valence-corrected chi connectivity index (χ2v) is 4.61. The third-order valence-electron chi connectivity index (χ3n) is 2.13. The molecule has 90 valence electrons. The highest BCUT2D eigenvalue weighted by Crippen LogP contribution is 2.31. The number of ketones is 1. The zero-order valence-electron chi connectivity index (χ0n) is 10.1. The van der Waals surface area contributed by atoms with Gasteiger partial charge in [0.15, 0.2) is 5.76 Å². The number of carbonyl (C=O) groups excluding carboxylic acids is 2. The summed E-state index contributed by atoms with van der Waals surface area (Å²) < 4.78 is 14.7. The Balaban J connectivity index is 3.01. The normalized spacial score (nSPS) is 22.3. The van der Waals surface area contributed by atoms with Crippen molar-refractivity contribution in [2.24, 2.45) is 0 Å². The highest BCUT2D eigenvalue weighted by atomic mass is 16.7. The van der Waals surface area contributed by atoms with Gasteiger partial charge in [-0.15, -0.1) is 0 Å². The van der Waals surface area contributed by atoms with Crippen LogP contribution in [-0.4, -0.2) is 30.3 Å². The summed E-state index contributed by atoms with van der Waals surface area (Å²) in [4.78, 5) is 22.8. The summed E-state index contributed by atoms with van der Waals surface area (Å²) in [5.41, 5.74) is -1.68. The molecule has 0 aromatic heterocycles. The van der Waals surface area contributed by atoms with Crippen molar-refractivity contribution in [3.63, 3.8) is 0 Å². The monoisotopic (exact) mass is 228 g/mol. The van der Waals surface area contributed by atoms with Crippen molar-refractivity contribution >= 4 is 11.9 Å². The van der Waals surface area contributed by atoms with E-state index >= 15 is 0 Å². The quantitative estimate of drug-likeness (QED) is 0.640. The number of carbonyl (C=O) groups is 2. The van der Waals surface area contributed by atoms with Crippen molar-refractivity contribution in [3.05, 3.63) is 11.8 Å². The molecular weight excluding hydrogens is 212 g/mol. The first-order chi connectivity index (χ1) is 7.18. The van der Waals surface area contributed by atoms with Crippen LogP contribution in [0.15, 0.2) is 11.8 Å². The summed E-state index contributed by atoms with van der Waals surface area (Å²) >= 11 is 0. The molecule has 1 heterocycles. The van der Waals surface area contributed by atoms with Gasteiger partial charge in [-0.25, -0.2) is 4.79 Å². The third kappa shape index (κ3) is 2.61. The molecule has 0 fully saturated rings. The number of methoxy groups -OCH3 is 1. The molecule has 0 unspecified atom stereocenters. The van der Waals surface area contributed by atoms with Crippen molar-refractivity contribution in [1.29, 1.82) is 0 Å². The second kappa shape index (κ2) is 3.90. The van der Waals surface area contributed by atoms with Crippen molar-refractivity contribution < 1.29 is 23.8 Å². The minimum atomic E-state index is -1.01. The van der Waals surface area contributed by atoms with Crippen LogP contribution in [0.1, 0.15) is 27.7 Å². The SMILES string of the molecule is COC(=O)OC1=CC(C)(C)OC(C)(C)C1=O. The van der Waals surface area contributed by atoms with Crippen LogP contribution in [0.5, 0.6) is 0 Å². The standard InChI is InChI=1S/C11H16O5/c1-10(2)6-7(15-9(13)14-5)8(12)11(3,4)16-10/h6H,1-5H3. The van der Waals surface area contributed by atoms with Crippen LogP contribution in [0.25, 0.3) is 0 Å². The Hall–Kier alpha value is -1.36. The minimum absolute atomic E-state index is 0.0342. The Bertz CT molecular complexity index is 351. The first-order valence-corrected chi connectivity index (χ1v) is 4.91. The number of hydrogen-bond acceptors (Lipinski definition) is 5. The van der Waals surface area contributed by atoms with Gasteiger partial charge in [0, 0.05) is 0 Å². The molecule has 0 radical (unpaired) electrons. The van der Waals surface area contributed by atoms with E-state index < -0.39 is 17.4 Å². The van der Waals surface area contributed by atoms with Crippen LogP contribution in [0.3, 0.4) is 0 Å². The summed E-state index contributed by atoms with van der Waals surface area (Å²) in [6.07, 6.45) is 0.561. The molecule has 0 N–H and O–H groups in total. The molecule has 5 nitrogen and oxygen atoms in total. The van der Waals surface area contributed by atoms with Gasteiger partial charge >= 0.3 is 6.16 Å². The average molecular weight is 228 g/mol. The maximum Gasteiger partial charge on any atom is 0.513 e. The van der Waals surface area contributed by atoms with Crippen LogP contribution in [0, 0.1) is 0 Å². The maximum absolute atomic E-state index is 11.9. The van der Waals surface area contributed by atoms with Gasteiger partial charge in [-0.3, -0.25) is 4.79 Å². The van der Waals surface area contributed by atoms with Gasteiger partial charge in [0.25, 0.3) is 0 Å². The lowest BCUT2D eigenvalue weighted by Crippen LogP contribution is -2.47. The summed E-state index contributed by atoms with van der Waals surface area (Å²) in [6, 6.07) is 0. The zero-order valence-corrected chi connectivity index (χ0v) is 10.1. The third-order valence-corrected chi connectivity index (χ3v) is 2.13. The molecule has 0 aliphatic carbocycles. The largest absolute Gasteiger partial charge is 0.513 e. The second-order valence-electron chi connectivity index (χ2n) is 4.61. The molecule has 1 aliphatic rings. The Morgan fingerprint density at radius 3 is 2.38 bits per heavy atom. The average Bonchev–Trinajstić information content (AvgIpc) is 2.11. The molecule has 1 aliphatic heterocycles. The Kier molecular flexibility index (Phi) is 3.10. The molecule has 0 bridgehead atoms. The van der Waals surface area contributed by atoms with Crippen molar-refractivity contribution in [2.75, 3.05) is 7.11 Å². The smallest absolute Gasteiger partial charge is 0.437 e. The molecule has 1 rings (SSSR count). The van der Waals surface area contributed by atoms with Crippen LogP contribution in [-0.2, 0) is 19.0 Å². The van der Waals surface area contributed by atoms with E-state index in [0.717, 1.165) is 0 Å². The fraction of sp³-hybridized carbons (Fsp3) is 0.636.